The summed E-state index contributed by atoms with van der Waals surface area (Å²) in [5.41, 5.74) is 0. The molecule has 0 aromatic carbocycles. The highest BCUT2D eigenvalue weighted by Gasteiger charge is 2.27. The summed E-state index contributed by atoms with van der Waals surface area (Å²) in [6, 6.07) is 0. The van der Waals surface area contributed by atoms with E-state index in [4.69, 9.17) is 14.6 Å². The first-order valence-electron chi connectivity index (χ1n) is 4.85. The molecule has 0 bridgehead atoms. The van der Waals surface area contributed by atoms with Crippen molar-refractivity contribution in [3.63, 3.8) is 0 Å². The van der Waals surface area contributed by atoms with Crippen molar-refractivity contribution < 1.29 is 17.9 Å². The molecule has 0 saturated heterocycles. The standard InChI is InChI=1S/C8H13N3O4S/c1-2-14-6-4-11-8(15-5-6)7(3-10-11)16(9,12)13/h3,6H,2,4-5H2,1H3,(H2,9,12,13). The van der Waals surface area contributed by atoms with Crippen molar-refractivity contribution in [1.82, 2.24) is 9.78 Å². The zero-order valence-electron chi connectivity index (χ0n) is 8.79. The average molecular weight is 247 g/mol. The third-order valence-corrected chi connectivity index (χ3v) is 3.14. The van der Waals surface area contributed by atoms with Crippen LogP contribution in [-0.4, -0.2) is 37.5 Å². The molecule has 2 heterocycles. The lowest BCUT2D eigenvalue weighted by Crippen LogP contribution is -2.33. The summed E-state index contributed by atoms with van der Waals surface area (Å²) in [4.78, 5) is -0.0811. The number of hydrogen-bond acceptors (Lipinski definition) is 5. The minimum absolute atomic E-state index is 0.0811. The van der Waals surface area contributed by atoms with E-state index in [0.717, 1.165) is 0 Å². The van der Waals surface area contributed by atoms with Crippen LogP contribution in [0.1, 0.15) is 6.92 Å². The van der Waals surface area contributed by atoms with Crippen molar-refractivity contribution >= 4 is 10.0 Å². The van der Waals surface area contributed by atoms with E-state index in [1.54, 1.807) is 0 Å². The highest BCUT2D eigenvalue weighted by atomic mass is 32.2. The van der Waals surface area contributed by atoms with E-state index in [1.807, 2.05) is 6.92 Å². The Labute approximate surface area is 93.2 Å². The Morgan fingerprint density at radius 1 is 1.75 bits per heavy atom. The molecule has 1 unspecified atom stereocenters. The van der Waals surface area contributed by atoms with E-state index in [-0.39, 0.29) is 16.9 Å². The van der Waals surface area contributed by atoms with Gasteiger partial charge in [0.05, 0.1) is 12.7 Å². The SMILES string of the molecule is CCOC1COc2c(S(N)(=O)=O)cnn2C1. The van der Waals surface area contributed by atoms with Crippen LogP contribution < -0.4 is 9.88 Å². The van der Waals surface area contributed by atoms with Gasteiger partial charge in [-0.3, -0.25) is 0 Å². The van der Waals surface area contributed by atoms with Crippen molar-refractivity contribution in [1.29, 1.82) is 0 Å². The number of sulfonamides is 1. The Morgan fingerprint density at radius 3 is 3.12 bits per heavy atom. The molecule has 0 amide bonds. The van der Waals surface area contributed by atoms with Crippen LogP contribution in [0.5, 0.6) is 5.88 Å². The first kappa shape index (κ1) is 11.4. The maximum absolute atomic E-state index is 11.2. The minimum atomic E-state index is -3.78. The zero-order chi connectivity index (χ0) is 11.8. The predicted molar refractivity (Wildman–Crippen MR) is 54.5 cm³/mol. The molecule has 1 aliphatic rings. The number of fused-ring (bicyclic) bond motifs is 1. The number of hydrogen-bond donors (Lipinski definition) is 1. The number of ether oxygens (including phenoxy) is 2. The van der Waals surface area contributed by atoms with E-state index in [0.29, 0.717) is 19.8 Å². The molecule has 0 fully saturated rings. The van der Waals surface area contributed by atoms with Crippen LogP contribution >= 0.6 is 0 Å². The van der Waals surface area contributed by atoms with Crippen LogP contribution in [0.2, 0.25) is 0 Å². The molecule has 0 spiro atoms. The molecular formula is C8H13N3O4S. The van der Waals surface area contributed by atoms with Gasteiger partial charge in [0, 0.05) is 6.61 Å². The van der Waals surface area contributed by atoms with Gasteiger partial charge in [0.15, 0.2) is 4.90 Å². The molecule has 2 rings (SSSR count). The fourth-order valence-electron chi connectivity index (χ4n) is 1.58. The first-order chi connectivity index (χ1) is 7.52. The Balaban J connectivity index is 2.27. The number of nitrogens with two attached hydrogens (primary N) is 1. The molecular weight excluding hydrogens is 234 g/mol. The molecule has 8 heteroatoms. The summed E-state index contributed by atoms with van der Waals surface area (Å²) >= 11 is 0. The van der Waals surface area contributed by atoms with Crippen molar-refractivity contribution in [2.24, 2.45) is 5.14 Å². The molecule has 1 atom stereocenters. The normalized spacial score (nSPS) is 20.2. The Bertz CT molecular complexity index is 481. The van der Waals surface area contributed by atoms with Crippen LogP contribution in [0.4, 0.5) is 0 Å². The van der Waals surface area contributed by atoms with Gasteiger partial charge in [0.1, 0.15) is 12.7 Å². The smallest absolute Gasteiger partial charge is 0.245 e. The van der Waals surface area contributed by atoms with Crippen LogP contribution in [-0.2, 0) is 21.3 Å². The number of nitrogens with zero attached hydrogens (tertiary/aromatic N) is 2. The maximum Gasteiger partial charge on any atom is 0.245 e. The lowest BCUT2D eigenvalue weighted by Gasteiger charge is -2.24. The number of rotatable bonds is 3. The van der Waals surface area contributed by atoms with Gasteiger partial charge in [-0.1, -0.05) is 0 Å². The monoisotopic (exact) mass is 247 g/mol. The average Bonchev–Trinajstić information content (AvgIpc) is 2.60. The van der Waals surface area contributed by atoms with Gasteiger partial charge in [-0.05, 0) is 6.92 Å². The van der Waals surface area contributed by atoms with E-state index in [9.17, 15) is 8.42 Å². The highest BCUT2D eigenvalue weighted by Crippen LogP contribution is 2.26. The summed E-state index contributed by atoms with van der Waals surface area (Å²) < 4.78 is 34.5. The van der Waals surface area contributed by atoms with Crippen LogP contribution in [0, 0.1) is 0 Å². The summed E-state index contributed by atoms with van der Waals surface area (Å²) in [7, 11) is -3.78. The summed E-state index contributed by atoms with van der Waals surface area (Å²) in [5.74, 6) is 0.193. The summed E-state index contributed by atoms with van der Waals surface area (Å²) in [5, 5.41) is 8.93. The third kappa shape index (κ3) is 2.04. The molecule has 90 valence electrons. The second-order valence-electron chi connectivity index (χ2n) is 3.43. The van der Waals surface area contributed by atoms with Crippen molar-refractivity contribution in [2.45, 2.75) is 24.5 Å². The summed E-state index contributed by atoms with van der Waals surface area (Å²) in [6.07, 6.45) is 1.09. The molecule has 1 aromatic rings. The maximum atomic E-state index is 11.2. The fraction of sp³-hybridized carbons (Fsp3) is 0.625. The van der Waals surface area contributed by atoms with Crippen molar-refractivity contribution in [2.75, 3.05) is 13.2 Å². The summed E-state index contributed by atoms with van der Waals surface area (Å²) in [6.45, 7) is 3.24. The van der Waals surface area contributed by atoms with Gasteiger partial charge in [-0.2, -0.15) is 5.10 Å². The molecule has 0 aliphatic carbocycles. The molecule has 1 aromatic heterocycles. The highest BCUT2D eigenvalue weighted by molar-refractivity contribution is 7.89. The van der Waals surface area contributed by atoms with Crippen LogP contribution in [0.3, 0.4) is 0 Å². The Morgan fingerprint density at radius 2 is 2.50 bits per heavy atom. The van der Waals surface area contributed by atoms with Gasteiger partial charge in [-0.15, -0.1) is 0 Å². The van der Waals surface area contributed by atoms with Gasteiger partial charge >= 0.3 is 0 Å². The van der Waals surface area contributed by atoms with Gasteiger partial charge < -0.3 is 9.47 Å². The van der Waals surface area contributed by atoms with Crippen molar-refractivity contribution in [3.8, 4) is 5.88 Å². The lowest BCUT2D eigenvalue weighted by molar-refractivity contribution is -0.00760. The van der Waals surface area contributed by atoms with E-state index < -0.39 is 10.0 Å². The Kier molecular flexibility index (Phi) is 2.87. The third-order valence-electron chi connectivity index (χ3n) is 2.25. The lowest BCUT2D eigenvalue weighted by atomic mass is 10.3. The van der Waals surface area contributed by atoms with E-state index in [2.05, 4.69) is 5.10 Å². The quantitative estimate of drug-likeness (QED) is 0.764. The minimum Gasteiger partial charge on any atom is -0.474 e. The molecule has 1 aliphatic heterocycles. The molecule has 7 nitrogen and oxygen atoms in total. The first-order valence-corrected chi connectivity index (χ1v) is 6.40. The van der Waals surface area contributed by atoms with E-state index in [1.165, 1.54) is 10.9 Å². The zero-order valence-corrected chi connectivity index (χ0v) is 9.61. The molecule has 0 saturated carbocycles. The van der Waals surface area contributed by atoms with E-state index >= 15 is 0 Å². The second kappa shape index (κ2) is 4.04. The van der Waals surface area contributed by atoms with Crippen LogP contribution in [0.25, 0.3) is 0 Å². The largest absolute Gasteiger partial charge is 0.474 e. The molecule has 16 heavy (non-hydrogen) atoms. The number of primary sulfonamides is 1. The predicted octanol–water partition coefficient (Wildman–Crippen LogP) is -0.672. The number of aromatic nitrogens is 2. The molecule has 2 N–H and O–H groups in total. The van der Waals surface area contributed by atoms with Crippen LogP contribution in [0.15, 0.2) is 11.1 Å². The topological polar surface area (TPSA) is 96.4 Å². The fourth-order valence-corrected chi connectivity index (χ4v) is 2.18. The van der Waals surface area contributed by atoms with Gasteiger partial charge in [0.2, 0.25) is 15.9 Å². The van der Waals surface area contributed by atoms with Gasteiger partial charge in [0.25, 0.3) is 0 Å². The van der Waals surface area contributed by atoms with Gasteiger partial charge in [-0.25, -0.2) is 18.2 Å². The second-order valence-corrected chi connectivity index (χ2v) is 4.96. The molecule has 0 radical (unpaired) electrons. The van der Waals surface area contributed by atoms with Crippen molar-refractivity contribution in [3.05, 3.63) is 6.20 Å². The Hall–Kier alpha value is -1.12.